The maximum atomic E-state index is 12.2. The Bertz CT molecular complexity index is 541. The number of benzene rings is 1. The summed E-state index contributed by atoms with van der Waals surface area (Å²) in [7, 11) is 1.50. The van der Waals surface area contributed by atoms with Gasteiger partial charge in [-0.2, -0.15) is 0 Å². The van der Waals surface area contributed by atoms with E-state index in [0.717, 1.165) is 0 Å². The molecule has 2 N–H and O–H groups in total. The number of amides is 2. The Morgan fingerprint density at radius 2 is 1.82 bits per heavy atom. The average Bonchev–Trinajstić information content (AvgIpc) is 2.41. The zero-order chi connectivity index (χ0) is 16.8. The van der Waals surface area contributed by atoms with Gasteiger partial charge in [-0.1, -0.05) is 6.07 Å². The lowest BCUT2D eigenvalue weighted by molar-refractivity contribution is 0.0526. The molecule has 1 rings (SSSR count). The third-order valence-electron chi connectivity index (χ3n) is 2.50. The molecular formula is C15H21BrN2O4. The second kappa shape index (κ2) is 8.03. The highest BCUT2D eigenvalue weighted by atomic mass is 79.9. The number of nitrogens with one attached hydrogen (secondary N) is 2. The van der Waals surface area contributed by atoms with Crippen LogP contribution in [0.2, 0.25) is 0 Å². The standard InChI is InChI=1S/C15H21BrN2O4/c1-15(2,3)22-14(20)18-9-8-17-13(19)12-10(16)6-5-7-11(12)21-4/h5-7H,8-9H2,1-4H3,(H,17,19)(H,18,20). The van der Waals surface area contributed by atoms with Crippen LogP contribution < -0.4 is 15.4 Å². The van der Waals surface area contributed by atoms with E-state index < -0.39 is 11.7 Å². The van der Waals surface area contributed by atoms with Crippen molar-refractivity contribution in [3.05, 3.63) is 28.2 Å². The average molecular weight is 373 g/mol. The second-order valence-corrected chi connectivity index (χ2v) is 6.36. The molecule has 6 nitrogen and oxygen atoms in total. The molecule has 0 aliphatic carbocycles. The minimum Gasteiger partial charge on any atom is -0.496 e. The number of hydrogen-bond donors (Lipinski definition) is 2. The lowest BCUT2D eigenvalue weighted by atomic mass is 10.2. The van der Waals surface area contributed by atoms with Crippen molar-refractivity contribution in [3.8, 4) is 5.75 Å². The van der Waals surface area contributed by atoms with Gasteiger partial charge in [0.05, 0.1) is 12.7 Å². The molecule has 0 heterocycles. The maximum absolute atomic E-state index is 12.2. The summed E-state index contributed by atoms with van der Waals surface area (Å²) in [5.41, 5.74) is -0.127. The van der Waals surface area contributed by atoms with Gasteiger partial charge in [0, 0.05) is 17.6 Å². The largest absolute Gasteiger partial charge is 0.496 e. The molecule has 7 heteroatoms. The minimum absolute atomic E-state index is 0.271. The summed E-state index contributed by atoms with van der Waals surface area (Å²) >= 11 is 3.32. The van der Waals surface area contributed by atoms with E-state index in [9.17, 15) is 9.59 Å². The molecule has 1 aromatic rings. The van der Waals surface area contributed by atoms with Crippen LogP contribution in [-0.2, 0) is 4.74 Å². The highest BCUT2D eigenvalue weighted by Crippen LogP contribution is 2.26. The van der Waals surface area contributed by atoms with Crippen LogP contribution in [0, 0.1) is 0 Å². The summed E-state index contributed by atoms with van der Waals surface area (Å²) in [5.74, 6) is 0.197. The number of carbonyl (C=O) groups is 2. The molecule has 0 fully saturated rings. The topological polar surface area (TPSA) is 76.7 Å². The summed E-state index contributed by atoms with van der Waals surface area (Å²) in [6.07, 6.45) is -0.514. The summed E-state index contributed by atoms with van der Waals surface area (Å²) in [6.45, 7) is 5.91. The van der Waals surface area contributed by atoms with Crippen molar-refractivity contribution >= 4 is 27.9 Å². The lowest BCUT2D eigenvalue weighted by Crippen LogP contribution is -2.38. The van der Waals surface area contributed by atoms with Crippen molar-refractivity contribution in [1.29, 1.82) is 0 Å². The molecule has 22 heavy (non-hydrogen) atoms. The number of carbonyl (C=O) groups excluding carboxylic acids is 2. The van der Waals surface area contributed by atoms with Crippen LogP contribution >= 0.6 is 15.9 Å². The molecule has 0 unspecified atom stereocenters. The van der Waals surface area contributed by atoms with Gasteiger partial charge in [0.2, 0.25) is 0 Å². The van der Waals surface area contributed by atoms with E-state index in [2.05, 4.69) is 26.6 Å². The Labute approximate surface area is 138 Å². The van der Waals surface area contributed by atoms with Gasteiger partial charge in [-0.15, -0.1) is 0 Å². The summed E-state index contributed by atoms with van der Waals surface area (Å²) in [4.78, 5) is 23.6. The summed E-state index contributed by atoms with van der Waals surface area (Å²) < 4.78 is 10.9. The predicted octanol–water partition coefficient (Wildman–Crippen LogP) is 2.71. The number of alkyl carbamates (subject to hydrolysis) is 1. The molecule has 0 aromatic heterocycles. The zero-order valence-corrected chi connectivity index (χ0v) is 14.7. The van der Waals surface area contributed by atoms with Crippen molar-refractivity contribution in [2.24, 2.45) is 0 Å². The Hall–Kier alpha value is -1.76. The smallest absolute Gasteiger partial charge is 0.407 e. The molecule has 0 spiro atoms. The highest BCUT2D eigenvalue weighted by Gasteiger charge is 2.17. The molecular weight excluding hydrogens is 352 g/mol. The van der Waals surface area contributed by atoms with Crippen LogP contribution in [0.25, 0.3) is 0 Å². The van der Waals surface area contributed by atoms with Gasteiger partial charge in [0.1, 0.15) is 11.4 Å². The monoisotopic (exact) mass is 372 g/mol. The molecule has 0 saturated carbocycles. The number of halogens is 1. The number of hydrogen-bond acceptors (Lipinski definition) is 4. The molecule has 0 bridgehead atoms. The summed E-state index contributed by atoms with van der Waals surface area (Å²) in [5, 5.41) is 5.28. The van der Waals surface area contributed by atoms with Crippen LogP contribution in [0.1, 0.15) is 31.1 Å². The van der Waals surface area contributed by atoms with Crippen molar-refractivity contribution in [3.63, 3.8) is 0 Å². The molecule has 0 saturated heterocycles. The fourth-order valence-corrected chi connectivity index (χ4v) is 2.17. The van der Waals surface area contributed by atoms with E-state index >= 15 is 0 Å². The van der Waals surface area contributed by atoms with E-state index in [0.29, 0.717) is 15.8 Å². The van der Waals surface area contributed by atoms with Crippen molar-refractivity contribution in [2.45, 2.75) is 26.4 Å². The van der Waals surface area contributed by atoms with E-state index in [-0.39, 0.29) is 19.0 Å². The normalized spacial score (nSPS) is 10.8. The fraction of sp³-hybridized carbons (Fsp3) is 0.467. The molecule has 0 aliphatic rings. The van der Waals surface area contributed by atoms with E-state index in [4.69, 9.17) is 9.47 Å². The first-order valence-corrected chi connectivity index (χ1v) is 7.61. The Balaban J connectivity index is 2.46. The number of methoxy groups -OCH3 is 1. The Morgan fingerprint density at radius 3 is 2.41 bits per heavy atom. The van der Waals surface area contributed by atoms with Gasteiger partial charge in [0.15, 0.2) is 0 Å². The van der Waals surface area contributed by atoms with Gasteiger partial charge < -0.3 is 20.1 Å². The van der Waals surface area contributed by atoms with E-state index in [1.807, 2.05) is 0 Å². The molecule has 1 aromatic carbocycles. The minimum atomic E-state index is -0.546. The van der Waals surface area contributed by atoms with Crippen LogP contribution in [0.4, 0.5) is 4.79 Å². The first kappa shape index (κ1) is 18.3. The molecule has 0 atom stereocenters. The van der Waals surface area contributed by atoms with Crippen LogP contribution in [0.3, 0.4) is 0 Å². The van der Waals surface area contributed by atoms with Crippen molar-refractivity contribution < 1.29 is 19.1 Å². The third-order valence-corrected chi connectivity index (χ3v) is 3.16. The van der Waals surface area contributed by atoms with Crippen LogP contribution in [-0.4, -0.2) is 37.8 Å². The molecule has 0 radical (unpaired) electrons. The first-order chi connectivity index (χ1) is 10.2. The van der Waals surface area contributed by atoms with Gasteiger partial charge in [-0.25, -0.2) is 4.79 Å². The fourth-order valence-electron chi connectivity index (χ4n) is 1.64. The van der Waals surface area contributed by atoms with Gasteiger partial charge in [-0.3, -0.25) is 4.79 Å². The van der Waals surface area contributed by atoms with Crippen molar-refractivity contribution in [2.75, 3.05) is 20.2 Å². The molecule has 0 aliphatic heterocycles. The Kier molecular flexibility index (Phi) is 6.67. The van der Waals surface area contributed by atoms with Gasteiger partial charge in [0.25, 0.3) is 5.91 Å². The number of ether oxygens (including phenoxy) is 2. The SMILES string of the molecule is COc1cccc(Br)c1C(=O)NCCNC(=O)OC(C)(C)C. The quantitative estimate of drug-likeness (QED) is 0.779. The van der Waals surface area contributed by atoms with Crippen molar-refractivity contribution in [1.82, 2.24) is 10.6 Å². The lowest BCUT2D eigenvalue weighted by Gasteiger charge is -2.19. The van der Waals surface area contributed by atoms with Crippen LogP contribution in [0.15, 0.2) is 22.7 Å². The number of rotatable bonds is 5. The Morgan fingerprint density at radius 1 is 1.18 bits per heavy atom. The third kappa shape index (κ3) is 5.93. The van der Waals surface area contributed by atoms with Gasteiger partial charge >= 0.3 is 6.09 Å². The van der Waals surface area contributed by atoms with E-state index in [1.54, 1.807) is 39.0 Å². The van der Waals surface area contributed by atoms with E-state index in [1.165, 1.54) is 7.11 Å². The molecule has 122 valence electrons. The maximum Gasteiger partial charge on any atom is 0.407 e. The predicted molar refractivity (Wildman–Crippen MR) is 87.3 cm³/mol. The second-order valence-electron chi connectivity index (χ2n) is 5.50. The zero-order valence-electron chi connectivity index (χ0n) is 13.2. The van der Waals surface area contributed by atoms with Gasteiger partial charge in [-0.05, 0) is 48.8 Å². The summed E-state index contributed by atoms with van der Waals surface area (Å²) in [6, 6.07) is 5.25. The van der Waals surface area contributed by atoms with Crippen LogP contribution in [0.5, 0.6) is 5.75 Å². The first-order valence-electron chi connectivity index (χ1n) is 6.82. The highest BCUT2D eigenvalue weighted by molar-refractivity contribution is 9.10. The molecule has 2 amide bonds.